The number of thioether (sulfide) groups is 1. The van der Waals surface area contributed by atoms with Crippen LogP contribution in [0.5, 0.6) is 5.75 Å². The van der Waals surface area contributed by atoms with Gasteiger partial charge in [0.15, 0.2) is 5.16 Å². The molecule has 32 heavy (non-hydrogen) atoms. The summed E-state index contributed by atoms with van der Waals surface area (Å²) in [6, 6.07) is 10.8. The van der Waals surface area contributed by atoms with Crippen LogP contribution in [0.15, 0.2) is 52.4 Å². The fourth-order valence-corrected chi connectivity index (χ4v) is 3.86. The Morgan fingerprint density at radius 2 is 2.00 bits per heavy atom. The third kappa shape index (κ3) is 6.41. The summed E-state index contributed by atoms with van der Waals surface area (Å²) in [5.74, 6) is -0.207. The van der Waals surface area contributed by atoms with Crippen molar-refractivity contribution in [3.05, 3.63) is 63.4 Å². The van der Waals surface area contributed by atoms with E-state index in [9.17, 15) is 18.4 Å². The topological polar surface area (TPSA) is 82.4 Å². The molecule has 11 heteroatoms. The van der Waals surface area contributed by atoms with Crippen LogP contribution in [0.1, 0.15) is 5.56 Å². The normalized spacial score (nSPS) is 11.2. The molecule has 0 fully saturated rings. The highest BCUT2D eigenvalue weighted by atomic mass is 35.5. The lowest BCUT2D eigenvalue weighted by Gasteiger charge is -2.13. The van der Waals surface area contributed by atoms with E-state index >= 15 is 0 Å². The van der Waals surface area contributed by atoms with Gasteiger partial charge in [-0.1, -0.05) is 35.5 Å². The lowest BCUT2D eigenvalue weighted by atomic mass is 10.2. The number of benzene rings is 2. The molecule has 0 spiro atoms. The number of rotatable bonds is 10. The molecule has 0 atom stereocenters. The van der Waals surface area contributed by atoms with Gasteiger partial charge in [0.25, 0.3) is 5.56 Å². The Morgan fingerprint density at radius 3 is 2.69 bits per heavy atom. The second-order valence-electron chi connectivity index (χ2n) is 6.59. The summed E-state index contributed by atoms with van der Waals surface area (Å²) in [5.41, 5.74) is 0.934. The molecule has 7 nitrogen and oxygen atoms in total. The molecule has 0 aliphatic carbocycles. The molecule has 170 valence electrons. The second-order valence-corrected chi connectivity index (χ2v) is 7.97. The molecule has 0 aliphatic rings. The van der Waals surface area contributed by atoms with Gasteiger partial charge in [0.1, 0.15) is 5.75 Å². The van der Waals surface area contributed by atoms with Gasteiger partial charge in [-0.2, -0.15) is 8.78 Å². The highest BCUT2D eigenvalue weighted by molar-refractivity contribution is 7.99. The van der Waals surface area contributed by atoms with Crippen molar-refractivity contribution in [3.8, 4) is 5.75 Å². The molecule has 0 saturated carbocycles. The minimum Gasteiger partial charge on any atom is -0.435 e. The Morgan fingerprint density at radius 1 is 1.25 bits per heavy atom. The van der Waals surface area contributed by atoms with Crippen LogP contribution >= 0.6 is 23.4 Å². The number of nitrogens with zero attached hydrogens (tertiary/aromatic N) is 2. The SMILES string of the molecule is COCCn1c(SCC(=O)NCc2ccc(OC(F)F)cc2)nc2cc(Cl)ccc2c1=O. The van der Waals surface area contributed by atoms with Crippen LogP contribution in [0.25, 0.3) is 10.9 Å². The van der Waals surface area contributed by atoms with Gasteiger partial charge in [-0.3, -0.25) is 14.2 Å². The van der Waals surface area contributed by atoms with Crippen molar-refractivity contribution in [1.29, 1.82) is 0 Å². The quantitative estimate of drug-likeness (QED) is 0.350. The third-order valence-corrected chi connectivity index (χ3v) is 5.58. The van der Waals surface area contributed by atoms with Crippen LogP contribution in [-0.2, 0) is 22.6 Å². The average molecular weight is 484 g/mol. The average Bonchev–Trinajstić information content (AvgIpc) is 2.76. The van der Waals surface area contributed by atoms with Gasteiger partial charge in [-0.05, 0) is 35.9 Å². The number of carbonyl (C=O) groups excluding carboxylic acids is 1. The monoisotopic (exact) mass is 483 g/mol. The molecule has 1 amide bonds. The van der Waals surface area contributed by atoms with E-state index in [1.165, 1.54) is 23.8 Å². The maximum absolute atomic E-state index is 12.9. The van der Waals surface area contributed by atoms with E-state index in [1.54, 1.807) is 30.3 Å². The number of hydrogen-bond acceptors (Lipinski definition) is 6. The van der Waals surface area contributed by atoms with Crippen molar-refractivity contribution in [2.75, 3.05) is 19.5 Å². The van der Waals surface area contributed by atoms with Crippen molar-refractivity contribution >= 4 is 40.2 Å². The van der Waals surface area contributed by atoms with Crippen molar-refractivity contribution in [2.24, 2.45) is 0 Å². The number of nitrogens with one attached hydrogen (secondary N) is 1. The van der Waals surface area contributed by atoms with E-state index in [-0.39, 0.29) is 36.1 Å². The summed E-state index contributed by atoms with van der Waals surface area (Å²) in [6.45, 7) is -2.08. The lowest BCUT2D eigenvalue weighted by Crippen LogP contribution is -2.27. The van der Waals surface area contributed by atoms with Crippen LogP contribution in [0.4, 0.5) is 8.78 Å². The Balaban J connectivity index is 1.66. The molecule has 3 rings (SSSR count). The van der Waals surface area contributed by atoms with Crippen LogP contribution in [0, 0.1) is 0 Å². The number of aromatic nitrogens is 2. The van der Waals surface area contributed by atoms with Gasteiger partial charge in [-0.15, -0.1) is 0 Å². The summed E-state index contributed by atoms with van der Waals surface area (Å²) < 4.78 is 35.3. The van der Waals surface area contributed by atoms with E-state index in [4.69, 9.17) is 16.3 Å². The fraction of sp³-hybridized carbons (Fsp3) is 0.286. The number of methoxy groups -OCH3 is 1. The van der Waals surface area contributed by atoms with E-state index in [2.05, 4.69) is 15.0 Å². The molecule has 1 N–H and O–H groups in total. The predicted octanol–water partition coefficient (Wildman–Crippen LogP) is 3.71. The predicted molar refractivity (Wildman–Crippen MR) is 119 cm³/mol. The number of amides is 1. The van der Waals surface area contributed by atoms with Gasteiger partial charge in [0.05, 0.1) is 29.8 Å². The first-order chi connectivity index (χ1) is 15.4. The first-order valence-corrected chi connectivity index (χ1v) is 10.9. The van der Waals surface area contributed by atoms with Crippen LogP contribution in [0.3, 0.4) is 0 Å². The first-order valence-electron chi connectivity index (χ1n) is 9.49. The molecule has 0 saturated heterocycles. The number of carbonyl (C=O) groups is 1. The fourth-order valence-electron chi connectivity index (χ4n) is 2.83. The van der Waals surface area contributed by atoms with Gasteiger partial charge in [0, 0.05) is 18.7 Å². The highest BCUT2D eigenvalue weighted by Crippen LogP contribution is 2.20. The number of halogens is 3. The minimum atomic E-state index is -2.89. The zero-order chi connectivity index (χ0) is 23.1. The highest BCUT2D eigenvalue weighted by Gasteiger charge is 2.14. The van der Waals surface area contributed by atoms with E-state index in [1.807, 2.05) is 0 Å². The molecule has 1 aromatic heterocycles. The third-order valence-electron chi connectivity index (χ3n) is 4.37. The molecular formula is C21H20ClF2N3O4S. The molecule has 0 bridgehead atoms. The van der Waals surface area contributed by atoms with E-state index in [0.717, 1.165) is 17.3 Å². The van der Waals surface area contributed by atoms with Gasteiger partial charge in [0.2, 0.25) is 5.91 Å². The van der Waals surface area contributed by atoms with Crippen LogP contribution < -0.4 is 15.6 Å². The van der Waals surface area contributed by atoms with Crippen molar-refractivity contribution in [2.45, 2.75) is 24.9 Å². The van der Waals surface area contributed by atoms with Crippen LogP contribution in [-0.4, -0.2) is 41.5 Å². The van der Waals surface area contributed by atoms with Crippen molar-refractivity contribution in [1.82, 2.24) is 14.9 Å². The summed E-state index contributed by atoms with van der Waals surface area (Å²) in [7, 11) is 1.53. The summed E-state index contributed by atoms with van der Waals surface area (Å²) in [5, 5.41) is 4.01. The van der Waals surface area contributed by atoms with Crippen molar-refractivity contribution in [3.63, 3.8) is 0 Å². The summed E-state index contributed by atoms with van der Waals surface area (Å²) in [4.78, 5) is 29.7. The summed E-state index contributed by atoms with van der Waals surface area (Å²) >= 11 is 7.15. The number of alkyl halides is 2. The Labute approximate surface area is 191 Å². The standard InChI is InChI=1S/C21H20ClF2N3O4S/c1-30-9-8-27-19(29)16-7-4-14(22)10-17(16)26-21(27)32-12-18(28)25-11-13-2-5-15(6-3-13)31-20(23)24/h2-7,10,20H,8-9,11-12H2,1H3,(H,25,28). The van der Waals surface area contributed by atoms with Crippen LogP contribution in [0.2, 0.25) is 5.02 Å². The largest absolute Gasteiger partial charge is 0.435 e. The number of hydrogen-bond donors (Lipinski definition) is 1. The maximum atomic E-state index is 12.9. The molecule has 0 unspecified atom stereocenters. The van der Waals surface area contributed by atoms with Crippen molar-refractivity contribution < 1.29 is 23.0 Å². The zero-order valence-electron chi connectivity index (χ0n) is 17.0. The smallest absolute Gasteiger partial charge is 0.387 e. The number of fused-ring (bicyclic) bond motifs is 1. The summed E-state index contributed by atoms with van der Waals surface area (Å²) in [6.07, 6.45) is 0. The Hall–Kier alpha value is -2.69. The maximum Gasteiger partial charge on any atom is 0.387 e. The zero-order valence-corrected chi connectivity index (χ0v) is 18.6. The van der Waals surface area contributed by atoms with E-state index < -0.39 is 6.61 Å². The molecule has 3 aromatic rings. The molecule has 1 heterocycles. The molecule has 0 radical (unpaired) electrons. The second kappa shape index (κ2) is 11.3. The Kier molecular flexibility index (Phi) is 8.43. The van der Waals surface area contributed by atoms with Gasteiger partial charge < -0.3 is 14.8 Å². The van der Waals surface area contributed by atoms with Gasteiger partial charge in [-0.25, -0.2) is 4.98 Å². The molecular weight excluding hydrogens is 464 g/mol. The minimum absolute atomic E-state index is 0.0259. The molecule has 2 aromatic carbocycles. The molecule has 0 aliphatic heterocycles. The van der Waals surface area contributed by atoms with E-state index in [0.29, 0.717) is 27.7 Å². The number of ether oxygens (including phenoxy) is 2. The Bertz CT molecular complexity index is 1140. The lowest BCUT2D eigenvalue weighted by molar-refractivity contribution is -0.118. The first kappa shape index (κ1) is 24.0. The van der Waals surface area contributed by atoms with Gasteiger partial charge >= 0.3 is 6.61 Å².